The van der Waals surface area contributed by atoms with Crippen molar-refractivity contribution in [1.82, 2.24) is 14.6 Å². The molecule has 0 saturated heterocycles. The highest BCUT2D eigenvalue weighted by molar-refractivity contribution is 6.31. The molecule has 1 aromatic carbocycles. The molecule has 4 rings (SSSR count). The van der Waals surface area contributed by atoms with Gasteiger partial charge in [0.1, 0.15) is 0 Å². The number of benzene rings is 1. The van der Waals surface area contributed by atoms with E-state index in [-0.39, 0.29) is 5.75 Å². The number of ether oxygens (including phenoxy) is 1. The normalized spacial score (nSPS) is 18.9. The number of aromatic nitrogens is 3. The summed E-state index contributed by atoms with van der Waals surface area (Å²) in [5.41, 5.74) is 2.55. The number of aryl methyl sites for hydroxylation is 1. The highest BCUT2D eigenvalue weighted by atomic mass is 35.5. The number of halogens is 2. The van der Waals surface area contributed by atoms with Gasteiger partial charge < -0.3 is 4.74 Å². The fraction of sp³-hybridized carbons (Fsp3) is 0.350. The minimum atomic E-state index is -0.837. The molecule has 2 aromatic heterocycles. The summed E-state index contributed by atoms with van der Waals surface area (Å²) in [5.74, 6) is -0.169. The number of hydrogen-bond acceptors (Lipinski definition) is 4. The van der Waals surface area contributed by atoms with Gasteiger partial charge in [-0.15, -0.1) is 0 Å². The van der Waals surface area contributed by atoms with E-state index in [1.807, 2.05) is 19.9 Å². The summed E-state index contributed by atoms with van der Waals surface area (Å²) in [7, 11) is 0. The molecule has 0 bridgehead atoms. The summed E-state index contributed by atoms with van der Waals surface area (Å²) in [6.45, 7) is 5.87. The Hall–Kier alpha value is -2.47. The number of nitrogens with zero attached hydrogens (tertiary/aromatic N) is 4. The molecular weight excluding hydrogens is 367 g/mol. The first-order valence-corrected chi connectivity index (χ1v) is 9.38. The predicted octanol–water partition coefficient (Wildman–Crippen LogP) is 4.97. The molecule has 0 saturated carbocycles. The number of aliphatic imine (C=N–C) groups is 1. The first-order chi connectivity index (χ1) is 12.9. The Labute approximate surface area is 161 Å². The van der Waals surface area contributed by atoms with Crippen LogP contribution in [0.15, 0.2) is 35.6 Å². The van der Waals surface area contributed by atoms with Crippen molar-refractivity contribution >= 4 is 23.0 Å². The van der Waals surface area contributed by atoms with E-state index in [0.717, 1.165) is 24.1 Å². The Kier molecular flexibility index (Phi) is 4.38. The summed E-state index contributed by atoms with van der Waals surface area (Å²) in [6, 6.07) is 4.87. The smallest absolute Gasteiger partial charge is 0.198 e. The highest BCUT2D eigenvalue weighted by Gasteiger charge is 2.35. The third-order valence-corrected chi connectivity index (χ3v) is 5.22. The molecule has 27 heavy (non-hydrogen) atoms. The van der Waals surface area contributed by atoms with Crippen LogP contribution in [0, 0.1) is 12.7 Å². The number of fused-ring (bicyclic) bond motifs is 2. The fourth-order valence-electron chi connectivity index (χ4n) is 3.35. The van der Waals surface area contributed by atoms with Crippen molar-refractivity contribution < 1.29 is 9.13 Å². The van der Waals surface area contributed by atoms with Gasteiger partial charge in [-0.3, -0.25) is 0 Å². The fourth-order valence-corrected chi connectivity index (χ4v) is 3.48. The van der Waals surface area contributed by atoms with Crippen LogP contribution >= 0.6 is 11.6 Å². The number of para-hydroxylation sites is 1. The minimum Gasteiger partial charge on any atom is -0.463 e. The van der Waals surface area contributed by atoms with Crippen LogP contribution in [0.25, 0.3) is 5.65 Å². The number of unbranched alkanes of at least 4 members (excludes halogenated alkanes) is 1. The van der Waals surface area contributed by atoms with Gasteiger partial charge in [0.15, 0.2) is 22.9 Å². The van der Waals surface area contributed by atoms with Crippen LogP contribution in [0.1, 0.15) is 49.9 Å². The van der Waals surface area contributed by atoms with Gasteiger partial charge in [-0.1, -0.05) is 31.0 Å². The molecule has 1 aliphatic heterocycles. The molecule has 3 heterocycles. The lowest BCUT2D eigenvalue weighted by atomic mass is 9.98. The molecule has 0 N–H and O–H groups in total. The maximum Gasteiger partial charge on any atom is 0.198 e. The van der Waals surface area contributed by atoms with Crippen molar-refractivity contribution in [2.45, 2.75) is 45.8 Å². The van der Waals surface area contributed by atoms with E-state index in [1.54, 1.807) is 23.0 Å². The van der Waals surface area contributed by atoms with Crippen molar-refractivity contribution in [3.8, 4) is 5.75 Å². The first-order valence-electron chi connectivity index (χ1n) is 9.00. The van der Waals surface area contributed by atoms with Gasteiger partial charge in [0.2, 0.25) is 0 Å². The maximum atomic E-state index is 14.5. The van der Waals surface area contributed by atoms with Gasteiger partial charge in [-0.05, 0) is 32.4 Å². The molecule has 3 aromatic rings. The zero-order valence-electron chi connectivity index (χ0n) is 15.5. The average molecular weight is 387 g/mol. The van der Waals surface area contributed by atoms with Gasteiger partial charge >= 0.3 is 0 Å². The Morgan fingerprint density at radius 2 is 2.07 bits per heavy atom. The average Bonchev–Trinajstić information content (AvgIpc) is 3.08. The molecule has 0 aliphatic carbocycles. The highest BCUT2D eigenvalue weighted by Crippen LogP contribution is 2.37. The minimum absolute atomic E-state index is 0.228. The lowest BCUT2D eigenvalue weighted by Gasteiger charge is -2.33. The predicted molar refractivity (Wildman–Crippen MR) is 103 cm³/mol. The lowest BCUT2D eigenvalue weighted by Crippen LogP contribution is -2.36. The second-order valence-corrected chi connectivity index (χ2v) is 7.35. The summed E-state index contributed by atoms with van der Waals surface area (Å²) in [6.07, 6.45) is 5.92. The van der Waals surface area contributed by atoms with E-state index in [9.17, 15) is 4.39 Å². The van der Waals surface area contributed by atoms with E-state index in [0.29, 0.717) is 28.4 Å². The molecule has 0 spiro atoms. The van der Waals surface area contributed by atoms with Gasteiger partial charge in [-0.2, -0.15) is 5.10 Å². The summed E-state index contributed by atoms with van der Waals surface area (Å²) < 4.78 is 22.2. The molecule has 5 nitrogen and oxygen atoms in total. The Morgan fingerprint density at radius 1 is 1.26 bits per heavy atom. The molecule has 0 fully saturated rings. The molecule has 7 heteroatoms. The largest absolute Gasteiger partial charge is 0.463 e. The van der Waals surface area contributed by atoms with Crippen LogP contribution in [-0.4, -0.2) is 26.0 Å². The van der Waals surface area contributed by atoms with Crippen LogP contribution in [0.4, 0.5) is 4.39 Å². The molecule has 1 aliphatic rings. The first kappa shape index (κ1) is 17.9. The van der Waals surface area contributed by atoms with Crippen LogP contribution in [0.5, 0.6) is 5.75 Å². The second kappa shape index (κ2) is 6.60. The Bertz CT molecular complexity index is 1060. The zero-order valence-corrected chi connectivity index (χ0v) is 16.2. The molecule has 140 valence electrons. The summed E-state index contributed by atoms with van der Waals surface area (Å²) >= 11 is 6.16. The van der Waals surface area contributed by atoms with Crippen molar-refractivity contribution in [1.29, 1.82) is 0 Å². The zero-order chi connectivity index (χ0) is 19.2. The summed E-state index contributed by atoms with van der Waals surface area (Å²) in [5, 5.41) is 4.95. The van der Waals surface area contributed by atoms with Crippen molar-refractivity contribution in [2.24, 2.45) is 4.99 Å². The third kappa shape index (κ3) is 2.98. The van der Waals surface area contributed by atoms with Crippen LogP contribution < -0.4 is 4.74 Å². The summed E-state index contributed by atoms with van der Waals surface area (Å²) in [4.78, 5) is 9.31. The Morgan fingerprint density at radius 3 is 2.85 bits per heavy atom. The lowest BCUT2D eigenvalue weighted by molar-refractivity contribution is 0.0771. The van der Waals surface area contributed by atoms with E-state index < -0.39 is 11.5 Å². The van der Waals surface area contributed by atoms with E-state index in [2.05, 4.69) is 17.0 Å². The third-order valence-electron chi connectivity index (χ3n) is 4.85. The van der Waals surface area contributed by atoms with Crippen LogP contribution in [0.3, 0.4) is 0 Å². The SMILES string of the molecule is CCCCC1(C)N=C(c2cnn3c(C)c(Cl)cnc23)c2cccc(F)c2O1. The van der Waals surface area contributed by atoms with Gasteiger partial charge in [-0.25, -0.2) is 18.9 Å². The van der Waals surface area contributed by atoms with Gasteiger partial charge in [0.05, 0.1) is 28.2 Å². The molecular formula is C20H20ClFN4O. The standard InChI is InChI=1S/C20H20ClFN4O/c1-4-5-9-20(3)25-17(13-7-6-8-16(22)18(13)27-20)14-10-24-26-12(2)15(21)11-23-19(14)26/h6-8,10-11H,4-5,9H2,1-3H3. The van der Waals surface area contributed by atoms with E-state index in [4.69, 9.17) is 21.3 Å². The monoisotopic (exact) mass is 386 g/mol. The van der Waals surface area contributed by atoms with Gasteiger partial charge in [0, 0.05) is 18.2 Å². The Balaban J connectivity index is 1.94. The topological polar surface area (TPSA) is 51.8 Å². The molecule has 1 atom stereocenters. The number of rotatable bonds is 4. The molecule has 0 radical (unpaired) electrons. The van der Waals surface area contributed by atoms with Crippen LogP contribution in [0.2, 0.25) is 5.02 Å². The second-order valence-electron chi connectivity index (χ2n) is 6.94. The van der Waals surface area contributed by atoms with E-state index >= 15 is 0 Å². The van der Waals surface area contributed by atoms with Crippen molar-refractivity contribution in [3.63, 3.8) is 0 Å². The van der Waals surface area contributed by atoms with Crippen molar-refractivity contribution in [3.05, 3.63) is 58.3 Å². The van der Waals surface area contributed by atoms with E-state index in [1.165, 1.54) is 6.07 Å². The molecule has 1 unspecified atom stereocenters. The quantitative estimate of drug-likeness (QED) is 0.636. The maximum absolute atomic E-state index is 14.5. The number of hydrogen-bond donors (Lipinski definition) is 0. The van der Waals surface area contributed by atoms with Gasteiger partial charge in [0.25, 0.3) is 0 Å². The molecule has 0 amide bonds. The van der Waals surface area contributed by atoms with Crippen LogP contribution in [-0.2, 0) is 0 Å². The van der Waals surface area contributed by atoms with Crippen molar-refractivity contribution in [2.75, 3.05) is 0 Å².